The van der Waals surface area contributed by atoms with Gasteiger partial charge in [0.1, 0.15) is 0 Å². The molecule has 2 unspecified atom stereocenters. The second-order valence-corrected chi connectivity index (χ2v) is 6.79. The van der Waals surface area contributed by atoms with Crippen molar-refractivity contribution in [3.8, 4) is 0 Å². The van der Waals surface area contributed by atoms with E-state index in [1.165, 1.54) is 58.0 Å². The zero-order chi connectivity index (χ0) is 13.9. The minimum Gasteiger partial charge on any atom is -0.354 e. The van der Waals surface area contributed by atoms with Crippen molar-refractivity contribution >= 4 is 5.96 Å². The highest BCUT2D eigenvalue weighted by molar-refractivity contribution is 5.80. The van der Waals surface area contributed by atoms with Gasteiger partial charge in [0.2, 0.25) is 0 Å². The maximum atomic E-state index is 4.40. The molecule has 1 aliphatic heterocycles. The molecule has 2 saturated carbocycles. The van der Waals surface area contributed by atoms with Crippen LogP contribution in [0.2, 0.25) is 0 Å². The average Bonchev–Trinajstić information content (AvgIpc) is 3.35. The van der Waals surface area contributed by atoms with Gasteiger partial charge >= 0.3 is 0 Å². The number of likely N-dealkylation sites (tertiary alicyclic amines) is 1. The van der Waals surface area contributed by atoms with E-state index in [4.69, 9.17) is 0 Å². The maximum Gasteiger partial charge on any atom is 0.191 e. The van der Waals surface area contributed by atoms with E-state index in [2.05, 4.69) is 27.4 Å². The summed E-state index contributed by atoms with van der Waals surface area (Å²) in [4.78, 5) is 7.08. The largest absolute Gasteiger partial charge is 0.354 e. The van der Waals surface area contributed by atoms with E-state index in [1.807, 2.05) is 7.05 Å². The predicted octanol–water partition coefficient (Wildman–Crippen LogP) is 1.97. The van der Waals surface area contributed by atoms with Crippen LogP contribution in [0.15, 0.2) is 4.99 Å². The molecule has 2 atom stereocenters. The van der Waals surface area contributed by atoms with Crippen molar-refractivity contribution < 1.29 is 0 Å². The van der Waals surface area contributed by atoms with Crippen molar-refractivity contribution in [1.82, 2.24) is 15.5 Å². The third-order valence-electron chi connectivity index (χ3n) is 5.06. The second kappa shape index (κ2) is 6.33. The van der Waals surface area contributed by atoms with Crippen molar-refractivity contribution in [3.63, 3.8) is 0 Å². The molecule has 114 valence electrons. The molecule has 1 saturated heterocycles. The summed E-state index contributed by atoms with van der Waals surface area (Å²) in [5, 5.41) is 7.23. The quantitative estimate of drug-likeness (QED) is 0.596. The van der Waals surface area contributed by atoms with Crippen LogP contribution in [0.25, 0.3) is 0 Å². The molecule has 4 heteroatoms. The van der Waals surface area contributed by atoms with Gasteiger partial charge in [-0.1, -0.05) is 13.3 Å². The fraction of sp³-hybridized carbons (Fsp3) is 0.938. The number of aliphatic imine (C=N–C) groups is 1. The van der Waals surface area contributed by atoms with E-state index in [-0.39, 0.29) is 0 Å². The third kappa shape index (κ3) is 3.66. The smallest absolute Gasteiger partial charge is 0.191 e. The normalized spacial score (nSPS) is 32.2. The number of piperidine rings is 1. The van der Waals surface area contributed by atoms with E-state index >= 15 is 0 Å². The third-order valence-corrected chi connectivity index (χ3v) is 5.06. The topological polar surface area (TPSA) is 39.7 Å². The fourth-order valence-corrected chi connectivity index (χ4v) is 3.50. The molecule has 0 aromatic heterocycles. The minimum atomic E-state index is 0.611. The number of hydrogen-bond donors (Lipinski definition) is 2. The Hall–Kier alpha value is -0.770. The van der Waals surface area contributed by atoms with E-state index in [9.17, 15) is 0 Å². The molecule has 1 heterocycles. The lowest BCUT2D eigenvalue weighted by molar-refractivity contribution is 0.197. The van der Waals surface area contributed by atoms with Crippen LogP contribution in [0.5, 0.6) is 0 Å². The molecule has 0 radical (unpaired) electrons. The Morgan fingerprint density at radius 1 is 1.15 bits per heavy atom. The van der Waals surface area contributed by atoms with Gasteiger partial charge in [0.05, 0.1) is 0 Å². The van der Waals surface area contributed by atoms with Crippen LogP contribution in [0, 0.1) is 5.92 Å². The van der Waals surface area contributed by atoms with Gasteiger partial charge in [0, 0.05) is 38.3 Å². The van der Waals surface area contributed by atoms with Gasteiger partial charge in [0.15, 0.2) is 5.96 Å². The molecular weight excluding hydrogens is 248 g/mol. The zero-order valence-corrected chi connectivity index (χ0v) is 13.1. The average molecular weight is 278 g/mol. The molecule has 2 N–H and O–H groups in total. The Morgan fingerprint density at radius 2 is 1.90 bits per heavy atom. The monoisotopic (exact) mass is 278 g/mol. The maximum absolute atomic E-state index is 4.40. The Balaban J connectivity index is 1.38. The molecule has 0 bridgehead atoms. The zero-order valence-electron chi connectivity index (χ0n) is 13.1. The van der Waals surface area contributed by atoms with Crippen molar-refractivity contribution in [2.24, 2.45) is 10.9 Å². The highest BCUT2D eigenvalue weighted by Gasteiger charge is 2.37. The van der Waals surface area contributed by atoms with Gasteiger partial charge in [-0.15, -0.1) is 0 Å². The van der Waals surface area contributed by atoms with E-state index in [0.29, 0.717) is 12.1 Å². The van der Waals surface area contributed by atoms with E-state index < -0.39 is 0 Å². The molecule has 0 aromatic carbocycles. The van der Waals surface area contributed by atoms with Gasteiger partial charge in [-0.05, 0) is 44.4 Å². The first-order valence-corrected chi connectivity index (χ1v) is 8.54. The van der Waals surface area contributed by atoms with E-state index in [1.54, 1.807) is 0 Å². The van der Waals surface area contributed by atoms with Gasteiger partial charge in [0.25, 0.3) is 0 Å². The van der Waals surface area contributed by atoms with Crippen LogP contribution in [-0.4, -0.2) is 49.1 Å². The van der Waals surface area contributed by atoms with Crippen LogP contribution in [0.4, 0.5) is 0 Å². The lowest BCUT2D eigenvalue weighted by Crippen LogP contribution is -2.49. The predicted molar refractivity (Wildman–Crippen MR) is 84.1 cm³/mol. The number of nitrogens with zero attached hydrogens (tertiary/aromatic N) is 2. The molecule has 3 fully saturated rings. The standard InChI is InChI=1S/C16H30N4/c1-3-4-12-11-15(12)19-16(17-2)18-13-7-9-20(10-8-13)14-5-6-14/h12-15H,3-11H2,1-2H3,(H2,17,18,19). The van der Waals surface area contributed by atoms with Crippen LogP contribution >= 0.6 is 0 Å². The molecule has 0 aromatic rings. The summed E-state index contributed by atoms with van der Waals surface area (Å²) >= 11 is 0. The fourth-order valence-electron chi connectivity index (χ4n) is 3.50. The minimum absolute atomic E-state index is 0.611. The Labute approximate surface area is 123 Å². The molecule has 3 rings (SSSR count). The van der Waals surface area contributed by atoms with Gasteiger partial charge < -0.3 is 15.5 Å². The van der Waals surface area contributed by atoms with Crippen LogP contribution in [0.3, 0.4) is 0 Å². The van der Waals surface area contributed by atoms with Gasteiger partial charge in [-0.2, -0.15) is 0 Å². The first kappa shape index (κ1) is 14.2. The van der Waals surface area contributed by atoms with Crippen LogP contribution in [-0.2, 0) is 0 Å². The number of nitrogens with one attached hydrogen (secondary N) is 2. The second-order valence-electron chi connectivity index (χ2n) is 6.79. The van der Waals surface area contributed by atoms with Gasteiger partial charge in [-0.3, -0.25) is 4.99 Å². The summed E-state index contributed by atoms with van der Waals surface area (Å²) < 4.78 is 0. The lowest BCUT2D eigenvalue weighted by Gasteiger charge is -2.33. The van der Waals surface area contributed by atoms with Crippen molar-refractivity contribution in [1.29, 1.82) is 0 Å². The highest BCUT2D eigenvalue weighted by atomic mass is 15.2. The van der Waals surface area contributed by atoms with Crippen LogP contribution < -0.4 is 10.6 Å². The van der Waals surface area contributed by atoms with Gasteiger partial charge in [-0.25, -0.2) is 0 Å². The summed E-state index contributed by atoms with van der Waals surface area (Å²) in [5.74, 6) is 1.91. The number of hydrogen-bond acceptors (Lipinski definition) is 2. The molecule has 4 nitrogen and oxygen atoms in total. The Bertz CT molecular complexity index is 342. The summed E-state index contributed by atoms with van der Waals surface area (Å²) in [6.45, 7) is 4.80. The SMILES string of the molecule is CCCC1CC1NC(=NC)NC1CCN(C2CC2)CC1. The Kier molecular flexibility index (Phi) is 4.49. The molecule has 2 aliphatic carbocycles. The van der Waals surface area contributed by atoms with Crippen molar-refractivity contribution in [2.45, 2.75) is 70.0 Å². The van der Waals surface area contributed by atoms with Crippen molar-refractivity contribution in [2.75, 3.05) is 20.1 Å². The number of guanidine groups is 1. The first-order chi connectivity index (χ1) is 9.80. The lowest BCUT2D eigenvalue weighted by atomic mass is 10.1. The summed E-state index contributed by atoms with van der Waals surface area (Å²) in [5.41, 5.74) is 0. The Morgan fingerprint density at radius 3 is 2.50 bits per heavy atom. The first-order valence-electron chi connectivity index (χ1n) is 8.54. The molecule has 3 aliphatic rings. The van der Waals surface area contributed by atoms with Crippen LogP contribution in [0.1, 0.15) is 51.9 Å². The van der Waals surface area contributed by atoms with Crippen molar-refractivity contribution in [3.05, 3.63) is 0 Å². The van der Waals surface area contributed by atoms with E-state index in [0.717, 1.165) is 17.9 Å². The molecule has 0 amide bonds. The number of rotatable bonds is 5. The summed E-state index contributed by atoms with van der Waals surface area (Å²) in [7, 11) is 1.89. The molecular formula is C16H30N4. The molecule has 20 heavy (non-hydrogen) atoms. The molecule has 0 spiro atoms. The summed E-state index contributed by atoms with van der Waals surface area (Å²) in [6.07, 6.45) is 9.38. The highest BCUT2D eigenvalue weighted by Crippen LogP contribution is 2.34. The summed E-state index contributed by atoms with van der Waals surface area (Å²) in [6, 6.07) is 2.21.